The Kier molecular flexibility index (Phi) is 3.69. The number of hydrogen-bond donors (Lipinski definition) is 1. The second kappa shape index (κ2) is 5.06. The maximum absolute atomic E-state index is 9.46. The molecule has 1 fully saturated rings. The van der Waals surface area contributed by atoms with Crippen LogP contribution in [0.2, 0.25) is 0 Å². The summed E-state index contributed by atoms with van der Waals surface area (Å²) in [4.78, 5) is 2.27. The van der Waals surface area contributed by atoms with Crippen LogP contribution in [0.5, 0.6) is 0 Å². The molecule has 1 aliphatic rings. The highest BCUT2D eigenvalue weighted by molar-refractivity contribution is 5.50. The third-order valence-corrected chi connectivity index (χ3v) is 3.36. The number of morpholine rings is 1. The minimum Gasteiger partial charge on any atom is -0.391 e. The number of aromatic nitrogens is 2. The van der Waals surface area contributed by atoms with Gasteiger partial charge >= 0.3 is 0 Å². The van der Waals surface area contributed by atoms with Gasteiger partial charge < -0.3 is 14.7 Å². The van der Waals surface area contributed by atoms with E-state index in [2.05, 4.69) is 16.9 Å². The minimum absolute atomic E-state index is 0.0448. The van der Waals surface area contributed by atoms with Crippen LogP contribution in [0.4, 0.5) is 5.82 Å². The molecule has 1 unspecified atom stereocenters. The van der Waals surface area contributed by atoms with Crippen LogP contribution >= 0.6 is 0 Å². The Labute approximate surface area is 102 Å². The Morgan fingerprint density at radius 3 is 2.94 bits per heavy atom. The van der Waals surface area contributed by atoms with Crippen molar-refractivity contribution in [2.75, 3.05) is 24.6 Å². The monoisotopic (exact) mass is 239 g/mol. The van der Waals surface area contributed by atoms with E-state index in [0.29, 0.717) is 0 Å². The summed E-state index contributed by atoms with van der Waals surface area (Å²) in [5.41, 5.74) is 1.84. The van der Waals surface area contributed by atoms with Crippen LogP contribution in [0.1, 0.15) is 24.6 Å². The summed E-state index contributed by atoms with van der Waals surface area (Å²) in [5, 5.41) is 13.8. The SMILES string of the molecule is CCC1CN(c2c(CO)c(C)nn2C)CCO1. The molecule has 96 valence electrons. The third-order valence-electron chi connectivity index (χ3n) is 3.36. The van der Waals surface area contributed by atoms with E-state index in [1.54, 1.807) is 0 Å². The Balaban J connectivity index is 2.26. The Morgan fingerprint density at radius 1 is 1.53 bits per heavy atom. The van der Waals surface area contributed by atoms with Crippen molar-refractivity contribution in [3.8, 4) is 0 Å². The standard InChI is InChI=1S/C12H21N3O2/c1-4-10-7-15(5-6-17-10)12-11(8-16)9(2)13-14(12)3/h10,16H,4-8H2,1-3H3. The van der Waals surface area contributed by atoms with Crippen LogP contribution in [0.3, 0.4) is 0 Å². The molecule has 5 heteroatoms. The van der Waals surface area contributed by atoms with Crippen LogP contribution in [0.25, 0.3) is 0 Å². The highest BCUT2D eigenvalue weighted by atomic mass is 16.5. The number of anilines is 1. The smallest absolute Gasteiger partial charge is 0.132 e. The molecule has 1 aromatic rings. The number of rotatable bonds is 3. The average Bonchev–Trinajstić information content (AvgIpc) is 2.63. The molecular formula is C12H21N3O2. The fourth-order valence-electron chi connectivity index (χ4n) is 2.43. The summed E-state index contributed by atoms with van der Waals surface area (Å²) >= 11 is 0. The quantitative estimate of drug-likeness (QED) is 0.849. The van der Waals surface area contributed by atoms with Gasteiger partial charge in [0.25, 0.3) is 0 Å². The Morgan fingerprint density at radius 2 is 2.29 bits per heavy atom. The molecule has 0 aliphatic carbocycles. The number of hydrogen-bond acceptors (Lipinski definition) is 4. The van der Waals surface area contributed by atoms with Crippen LogP contribution in [0.15, 0.2) is 0 Å². The molecule has 1 saturated heterocycles. The summed E-state index contributed by atoms with van der Waals surface area (Å²) in [6, 6.07) is 0. The highest BCUT2D eigenvalue weighted by Gasteiger charge is 2.24. The number of aliphatic hydroxyl groups is 1. The molecule has 0 radical (unpaired) electrons. The van der Waals surface area contributed by atoms with Crippen LogP contribution in [-0.4, -0.2) is 40.7 Å². The van der Waals surface area contributed by atoms with Gasteiger partial charge in [0.2, 0.25) is 0 Å². The number of ether oxygens (including phenoxy) is 1. The van der Waals surface area contributed by atoms with Crippen molar-refractivity contribution in [3.63, 3.8) is 0 Å². The van der Waals surface area contributed by atoms with E-state index >= 15 is 0 Å². The maximum Gasteiger partial charge on any atom is 0.132 e. The Hall–Kier alpha value is -1.07. The van der Waals surface area contributed by atoms with Gasteiger partial charge in [0.05, 0.1) is 25.0 Å². The first-order chi connectivity index (χ1) is 8.17. The van der Waals surface area contributed by atoms with Gasteiger partial charge in [-0.15, -0.1) is 0 Å². The molecule has 1 N–H and O–H groups in total. The van der Waals surface area contributed by atoms with Gasteiger partial charge in [0, 0.05) is 25.7 Å². The van der Waals surface area contributed by atoms with Crippen LogP contribution < -0.4 is 4.90 Å². The maximum atomic E-state index is 9.46. The zero-order valence-corrected chi connectivity index (χ0v) is 10.8. The number of nitrogens with zero attached hydrogens (tertiary/aromatic N) is 3. The van der Waals surface area contributed by atoms with E-state index in [4.69, 9.17) is 4.74 Å². The minimum atomic E-state index is 0.0448. The predicted octanol–water partition coefficient (Wildman–Crippen LogP) is 0.836. The molecule has 1 atom stereocenters. The number of aryl methyl sites for hydroxylation is 2. The molecule has 0 spiro atoms. The van der Waals surface area contributed by atoms with E-state index in [0.717, 1.165) is 43.2 Å². The first kappa shape index (κ1) is 12.4. The van der Waals surface area contributed by atoms with E-state index < -0.39 is 0 Å². The third kappa shape index (κ3) is 2.30. The van der Waals surface area contributed by atoms with Gasteiger partial charge in [-0.25, -0.2) is 0 Å². The molecule has 0 amide bonds. The lowest BCUT2D eigenvalue weighted by Crippen LogP contribution is -2.43. The van der Waals surface area contributed by atoms with Gasteiger partial charge in [0.1, 0.15) is 5.82 Å². The van der Waals surface area contributed by atoms with Crippen molar-refractivity contribution in [2.45, 2.75) is 33.0 Å². The lowest BCUT2D eigenvalue weighted by Gasteiger charge is -2.34. The van der Waals surface area contributed by atoms with Crippen molar-refractivity contribution in [2.24, 2.45) is 7.05 Å². The molecule has 1 aliphatic heterocycles. The van der Waals surface area contributed by atoms with Gasteiger partial charge in [-0.05, 0) is 13.3 Å². The van der Waals surface area contributed by atoms with Gasteiger partial charge in [-0.3, -0.25) is 4.68 Å². The van der Waals surface area contributed by atoms with E-state index in [1.807, 2.05) is 18.7 Å². The number of aliphatic hydroxyl groups excluding tert-OH is 1. The molecule has 2 heterocycles. The molecule has 5 nitrogen and oxygen atoms in total. The van der Waals surface area contributed by atoms with Crippen molar-refractivity contribution in [1.29, 1.82) is 0 Å². The molecule has 0 bridgehead atoms. The van der Waals surface area contributed by atoms with E-state index in [9.17, 15) is 5.11 Å². The summed E-state index contributed by atoms with van der Waals surface area (Å²) in [6.45, 7) is 6.60. The van der Waals surface area contributed by atoms with Gasteiger partial charge in [-0.1, -0.05) is 6.92 Å². The van der Waals surface area contributed by atoms with Crippen molar-refractivity contribution in [1.82, 2.24) is 9.78 Å². The van der Waals surface area contributed by atoms with E-state index in [-0.39, 0.29) is 12.7 Å². The topological polar surface area (TPSA) is 50.5 Å². The molecule has 1 aromatic heterocycles. The van der Waals surface area contributed by atoms with Crippen molar-refractivity contribution in [3.05, 3.63) is 11.3 Å². The van der Waals surface area contributed by atoms with Crippen LogP contribution in [0, 0.1) is 6.92 Å². The largest absolute Gasteiger partial charge is 0.391 e. The van der Waals surface area contributed by atoms with Crippen molar-refractivity contribution >= 4 is 5.82 Å². The highest BCUT2D eigenvalue weighted by Crippen LogP contribution is 2.25. The first-order valence-corrected chi connectivity index (χ1v) is 6.17. The average molecular weight is 239 g/mol. The van der Waals surface area contributed by atoms with Crippen LogP contribution in [-0.2, 0) is 18.4 Å². The summed E-state index contributed by atoms with van der Waals surface area (Å²) in [7, 11) is 1.93. The van der Waals surface area contributed by atoms with Crippen molar-refractivity contribution < 1.29 is 9.84 Å². The summed E-state index contributed by atoms with van der Waals surface area (Å²) < 4.78 is 7.53. The molecule has 0 saturated carbocycles. The normalized spacial score (nSPS) is 20.9. The van der Waals surface area contributed by atoms with E-state index in [1.165, 1.54) is 0 Å². The predicted molar refractivity (Wildman–Crippen MR) is 66.1 cm³/mol. The fourth-order valence-corrected chi connectivity index (χ4v) is 2.43. The fraction of sp³-hybridized carbons (Fsp3) is 0.750. The lowest BCUT2D eigenvalue weighted by atomic mass is 10.2. The zero-order valence-electron chi connectivity index (χ0n) is 10.8. The summed E-state index contributed by atoms with van der Waals surface area (Å²) in [6.07, 6.45) is 1.30. The van der Waals surface area contributed by atoms with Gasteiger partial charge in [-0.2, -0.15) is 5.10 Å². The zero-order chi connectivity index (χ0) is 12.4. The first-order valence-electron chi connectivity index (χ1n) is 6.17. The Bertz CT molecular complexity index is 389. The molecule has 0 aromatic carbocycles. The van der Waals surface area contributed by atoms with Gasteiger partial charge in [0.15, 0.2) is 0 Å². The molecular weight excluding hydrogens is 218 g/mol. The second-order valence-corrected chi connectivity index (χ2v) is 4.52. The molecule has 17 heavy (non-hydrogen) atoms. The lowest BCUT2D eigenvalue weighted by molar-refractivity contribution is 0.0378. The molecule has 2 rings (SSSR count). The summed E-state index contributed by atoms with van der Waals surface area (Å²) in [5.74, 6) is 1.03. The second-order valence-electron chi connectivity index (χ2n) is 4.52.